The van der Waals surface area contributed by atoms with E-state index in [1.165, 1.54) is 4.88 Å². The molecule has 0 amide bonds. The quantitative estimate of drug-likeness (QED) is 0.786. The molecule has 2 aromatic rings. The molecule has 0 bridgehead atoms. The molecule has 1 unspecified atom stereocenters. The Hall–Kier alpha value is -0.870. The van der Waals surface area contributed by atoms with Gasteiger partial charge in [0.05, 0.1) is 23.9 Å². The van der Waals surface area contributed by atoms with Crippen molar-refractivity contribution in [2.75, 3.05) is 0 Å². The van der Waals surface area contributed by atoms with Gasteiger partial charge in [0.2, 0.25) is 0 Å². The fraction of sp³-hybridized carbons (Fsp3) is 0.455. The molecule has 0 fully saturated rings. The Labute approximate surface area is 104 Å². The van der Waals surface area contributed by atoms with E-state index in [4.69, 9.17) is 11.6 Å². The highest BCUT2D eigenvalue weighted by Crippen LogP contribution is 2.25. The van der Waals surface area contributed by atoms with Crippen LogP contribution in [0.2, 0.25) is 0 Å². The number of aromatic nitrogens is 3. The lowest BCUT2D eigenvalue weighted by Gasteiger charge is -2.12. The van der Waals surface area contributed by atoms with Crippen molar-refractivity contribution in [3.8, 4) is 0 Å². The Morgan fingerprint density at radius 2 is 2.31 bits per heavy atom. The lowest BCUT2D eigenvalue weighted by Crippen LogP contribution is -2.07. The van der Waals surface area contributed by atoms with Gasteiger partial charge in [0.15, 0.2) is 0 Å². The zero-order valence-corrected chi connectivity index (χ0v) is 10.9. The molecular formula is C11H14ClN3S. The molecule has 86 valence electrons. The summed E-state index contributed by atoms with van der Waals surface area (Å²) in [6.45, 7) is 4.26. The summed E-state index contributed by atoms with van der Waals surface area (Å²) < 4.78 is 2.07. The largest absolute Gasteiger partial charge is 0.324 e. The maximum absolute atomic E-state index is 5.86. The minimum atomic E-state index is 0.210. The van der Waals surface area contributed by atoms with E-state index in [1.54, 1.807) is 17.5 Å². The van der Waals surface area contributed by atoms with Gasteiger partial charge in [-0.2, -0.15) is 0 Å². The zero-order chi connectivity index (χ0) is 11.5. The van der Waals surface area contributed by atoms with E-state index in [0.29, 0.717) is 5.88 Å². The van der Waals surface area contributed by atoms with Crippen molar-refractivity contribution in [3.05, 3.63) is 34.3 Å². The molecule has 2 aromatic heterocycles. The lowest BCUT2D eigenvalue weighted by atomic mass is 10.3. The molecule has 2 rings (SSSR count). The van der Waals surface area contributed by atoms with Gasteiger partial charge in [0, 0.05) is 17.3 Å². The van der Waals surface area contributed by atoms with Crippen molar-refractivity contribution in [2.24, 2.45) is 0 Å². The van der Waals surface area contributed by atoms with Crippen LogP contribution in [0.3, 0.4) is 0 Å². The zero-order valence-electron chi connectivity index (χ0n) is 9.35. The average Bonchev–Trinajstić information content (AvgIpc) is 2.96. The van der Waals surface area contributed by atoms with Crippen LogP contribution in [0, 0.1) is 0 Å². The second-order valence-corrected chi connectivity index (χ2v) is 5.03. The summed E-state index contributed by atoms with van der Waals surface area (Å²) in [5, 5.41) is 1.11. The summed E-state index contributed by atoms with van der Waals surface area (Å²) in [5.41, 5.74) is 1.03. The van der Waals surface area contributed by atoms with Gasteiger partial charge >= 0.3 is 0 Å². The topological polar surface area (TPSA) is 30.7 Å². The molecular weight excluding hydrogens is 242 g/mol. The third kappa shape index (κ3) is 2.13. The monoisotopic (exact) mass is 255 g/mol. The molecule has 0 saturated heterocycles. The van der Waals surface area contributed by atoms with Gasteiger partial charge in [-0.15, -0.1) is 22.9 Å². The van der Waals surface area contributed by atoms with Crippen LogP contribution in [0.5, 0.6) is 0 Å². The van der Waals surface area contributed by atoms with Gasteiger partial charge < -0.3 is 4.57 Å². The molecule has 0 saturated carbocycles. The molecule has 2 heterocycles. The first kappa shape index (κ1) is 11.6. The number of halogens is 1. The van der Waals surface area contributed by atoms with Crippen molar-refractivity contribution in [3.63, 3.8) is 0 Å². The number of rotatable bonds is 4. The van der Waals surface area contributed by atoms with E-state index in [9.17, 15) is 0 Å². The highest BCUT2D eigenvalue weighted by atomic mass is 35.5. The molecule has 0 aliphatic carbocycles. The van der Waals surface area contributed by atoms with E-state index in [0.717, 1.165) is 17.1 Å². The summed E-state index contributed by atoms with van der Waals surface area (Å²) in [6.07, 6.45) is 6.61. The second kappa shape index (κ2) is 4.97. The molecule has 5 heteroatoms. The predicted molar refractivity (Wildman–Crippen MR) is 67.1 cm³/mol. The smallest absolute Gasteiger partial charge is 0.115 e. The van der Waals surface area contributed by atoms with E-state index in [-0.39, 0.29) is 6.04 Å². The van der Waals surface area contributed by atoms with E-state index >= 15 is 0 Å². The molecule has 0 radical (unpaired) electrons. The summed E-state index contributed by atoms with van der Waals surface area (Å²) in [7, 11) is 0. The number of alkyl halides is 1. The van der Waals surface area contributed by atoms with Crippen molar-refractivity contribution >= 4 is 22.9 Å². The van der Waals surface area contributed by atoms with Gasteiger partial charge in [-0.1, -0.05) is 6.92 Å². The van der Waals surface area contributed by atoms with E-state index in [2.05, 4.69) is 28.4 Å². The van der Waals surface area contributed by atoms with Crippen molar-refractivity contribution in [2.45, 2.75) is 32.2 Å². The fourth-order valence-corrected chi connectivity index (χ4v) is 2.70. The molecule has 0 spiro atoms. The summed E-state index contributed by atoms with van der Waals surface area (Å²) in [6, 6.07) is 0.210. The van der Waals surface area contributed by atoms with Gasteiger partial charge in [-0.3, -0.25) is 0 Å². The van der Waals surface area contributed by atoms with Gasteiger partial charge in [-0.05, 0) is 13.3 Å². The highest BCUT2D eigenvalue weighted by Gasteiger charge is 2.14. The number of aryl methyl sites for hydroxylation is 1. The third-order valence-electron chi connectivity index (χ3n) is 2.58. The molecule has 3 nitrogen and oxygen atoms in total. The minimum absolute atomic E-state index is 0.210. The van der Waals surface area contributed by atoms with Crippen LogP contribution in [0.4, 0.5) is 0 Å². The normalized spacial score (nSPS) is 12.9. The SMILES string of the molecule is CCc1cnc(C(C)n2cncc2CCl)s1. The van der Waals surface area contributed by atoms with Crippen LogP contribution in [0.1, 0.15) is 35.5 Å². The van der Waals surface area contributed by atoms with Crippen molar-refractivity contribution < 1.29 is 0 Å². The maximum Gasteiger partial charge on any atom is 0.115 e. The first-order valence-electron chi connectivity index (χ1n) is 5.27. The maximum atomic E-state index is 5.86. The van der Waals surface area contributed by atoms with Crippen LogP contribution >= 0.6 is 22.9 Å². The Morgan fingerprint density at radius 3 is 2.94 bits per heavy atom. The van der Waals surface area contributed by atoms with Gasteiger partial charge in [0.1, 0.15) is 5.01 Å². The van der Waals surface area contributed by atoms with E-state index < -0.39 is 0 Å². The first-order valence-corrected chi connectivity index (χ1v) is 6.62. The summed E-state index contributed by atoms with van der Waals surface area (Å²) >= 11 is 7.62. The van der Waals surface area contributed by atoms with Crippen LogP contribution < -0.4 is 0 Å². The van der Waals surface area contributed by atoms with Crippen LogP contribution in [0.15, 0.2) is 18.7 Å². The molecule has 1 atom stereocenters. The molecule has 0 aliphatic heterocycles. The third-order valence-corrected chi connectivity index (χ3v) is 4.16. The number of nitrogens with zero attached hydrogens (tertiary/aromatic N) is 3. The highest BCUT2D eigenvalue weighted by molar-refractivity contribution is 7.11. The fourth-order valence-electron chi connectivity index (χ4n) is 1.58. The standard InChI is InChI=1S/C11H14ClN3S/c1-3-10-6-14-11(16-10)8(2)15-7-13-5-9(15)4-12/h5-8H,3-4H2,1-2H3. The van der Waals surface area contributed by atoms with Crippen LogP contribution in [0.25, 0.3) is 0 Å². The number of hydrogen-bond acceptors (Lipinski definition) is 3. The molecule has 16 heavy (non-hydrogen) atoms. The number of imidazole rings is 1. The van der Waals surface area contributed by atoms with Gasteiger partial charge in [-0.25, -0.2) is 9.97 Å². The lowest BCUT2D eigenvalue weighted by molar-refractivity contribution is 0.616. The Kier molecular flexibility index (Phi) is 3.61. The van der Waals surface area contributed by atoms with Gasteiger partial charge in [0.25, 0.3) is 0 Å². The molecule has 0 aliphatic rings. The average molecular weight is 256 g/mol. The van der Waals surface area contributed by atoms with Crippen molar-refractivity contribution in [1.82, 2.24) is 14.5 Å². The summed E-state index contributed by atoms with van der Waals surface area (Å²) in [4.78, 5) is 9.88. The molecule has 0 aromatic carbocycles. The first-order chi connectivity index (χ1) is 7.76. The Bertz CT molecular complexity index is 463. The predicted octanol–water partition coefficient (Wildman–Crippen LogP) is 3.25. The number of hydrogen-bond donors (Lipinski definition) is 0. The molecule has 0 N–H and O–H groups in total. The van der Waals surface area contributed by atoms with E-state index in [1.807, 2.05) is 12.5 Å². The number of thiazole rings is 1. The van der Waals surface area contributed by atoms with Crippen LogP contribution in [-0.4, -0.2) is 14.5 Å². The van der Waals surface area contributed by atoms with Crippen molar-refractivity contribution in [1.29, 1.82) is 0 Å². The second-order valence-electron chi connectivity index (χ2n) is 3.62. The minimum Gasteiger partial charge on any atom is -0.324 e. The summed E-state index contributed by atoms with van der Waals surface area (Å²) in [5.74, 6) is 0.482. The van der Waals surface area contributed by atoms with Crippen LogP contribution in [-0.2, 0) is 12.3 Å². The Balaban J connectivity index is 2.27. The Morgan fingerprint density at radius 1 is 1.50 bits per heavy atom.